The van der Waals surface area contributed by atoms with Gasteiger partial charge in [-0.25, -0.2) is 0 Å². The predicted octanol–water partition coefficient (Wildman–Crippen LogP) is 2.24. The third-order valence-electron chi connectivity index (χ3n) is 2.93. The Morgan fingerprint density at radius 3 is 1.71 bits per heavy atom. The molecule has 17 heavy (non-hydrogen) atoms. The minimum absolute atomic E-state index is 0.529. The van der Waals surface area contributed by atoms with Crippen LogP contribution in [-0.2, 0) is 6.42 Å². The third-order valence-corrected chi connectivity index (χ3v) is 7.02. The molecule has 0 atom stereocenters. The van der Waals surface area contributed by atoms with Crippen LogP contribution in [0.15, 0.2) is 12.4 Å². The fourth-order valence-electron chi connectivity index (χ4n) is 2.05. The molecule has 0 aliphatic rings. The molecule has 1 rings (SSSR count). The summed E-state index contributed by atoms with van der Waals surface area (Å²) in [5, 5.41) is 11.8. The van der Waals surface area contributed by atoms with Gasteiger partial charge in [-0.15, -0.1) is 0 Å². The Hall–Kier alpha value is -0.926. The van der Waals surface area contributed by atoms with Gasteiger partial charge in [0.05, 0.1) is 28.6 Å². The van der Waals surface area contributed by atoms with E-state index < -0.39 is 16.1 Å². The van der Waals surface area contributed by atoms with Crippen molar-refractivity contribution in [2.75, 3.05) is 0 Å². The van der Waals surface area contributed by atoms with E-state index in [0.717, 1.165) is 0 Å². The minimum atomic E-state index is -1.42. The maximum absolute atomic E-state index is 9.06. The van der Waals surface area contributed by atoms with Crippen molar-refractivity contribution in [1.82, 2.24) is 4.98 Å². The first-order valence-corrected chi connectivity index (χ1v) is 13.0. The zero-order valence-corrected chi connectivity index (χ0v) is 13.8. The molecule has 1 aromatic heterocycles. The van der Waals surface area contributed by atoms with E-state index in [1.54, 1.807) is 0 Å². The van der Waals surface area contributed by atoms with Crippen molar-refractivity contribution in [3.05, 3.63) is 18.0 Å². The molecule has 1 heterocycles. The number of hydrogen-bond acceptors (Lipinski definition) is 2. The van der Waals surface area contributed by atoms with E-state index >= 15 is 0 Å². The van der Waals surface area contributed by atoms with Crippen LogP contribution in [-0.4, -0.2) is 21.1 Å². The van der Waals surface area contributed by atoms with Gasteiger partial charge in [0.1, 0.15) is 0 Å². The Morgan fingerprint density at radius 2 is 1.41 bits per heavy atom. The first-order valence-electron chi connectivity index (χ1n) is 6.02. The van der Waals surface area contributed by atoms with E-state index in [9.17, 15) is 0 Å². The van der Waals surface area contributed by atoms with Crippen molar-refractivity contribution in [1.29, 1.82) is 5.26 Å². The summed E-state index contributed by atoms with van der Waals surface area (Å²) in [5.41, 5.74) is 1.28. The molecule has 0 spiro atoms. The van der Waals surface area contributed by atoms with Crippen molar-refractivity contribution < 1.29 is 0 Å². The number of nitriles is 1. The van der Waals surface area contributed by atoms with Gasteiger partial charge in [-0.1, -0.05) is 39.3 Å². The highest BCUT2D eigenvalue weighted by Crippen LogP contribution is 2.10. The molecule has 4 heteroatoms. The summed E-state index contributed by atoms with van der Waals surface area (Å²) in [6.07, 6.45) is 4.51. The van der Waals surface area contributed by atoms with Crippen molar-refractivity contribution in [3.63, 3.8) is 0 Å². The zero-order valence-electron chi connectivity index (χ0n) is 11.8. The van der Waals surface area contributed by atoms with Crippen molar-refractivity contribution in [2.45, 2.75) is 45.7 Å². The lowest BCUT2D eigenvalue weighted by molar-refractivity contribution is 1.24. The first kappa shape index (κ1) is 14.1. The molecule has 2 nitrogen and oxygen atoms in total. The van der Waals surface area contributed by atoms with Gasteiger partial charge < -0.3 is 0 Å². The lowest BCUT2D eigenvalue weighted by atomic mass is 10.2. The summed E-state index contributed by atoms with van der Waals surface area (Å²) in [6.45, 7) is 13.9. The predicted molar refractivity (Wildman–Crippen MR) is 79.5 cm³/mol. The number of nitrogens with zero attached hydrogens (tertiary/aromatic N) is 2. The number of aromatic nitrogens is 1. The van der Waals surface area contributed by atoms with Crippen LogP contribution in [0.3, 0.4) is 0 Å². The van der Waals surface area contributed by atoms with Crippen molar-refractivity contribution in [3.8, 4) is 6.07 Å². The van der Waals surface area contributed by atoms with Gasteiger partial charge in [0.2, 0.25) is 0 Å². The Kier molecular flexibility index (Phi) is 3.95. The van der Waals surface area contributed by atoms with E-state index in [0.29, 0.717) is 6.42 Å². The monoisotopic (exact) mass is 262 g/mol. The number of rotatable bonds is 3. The van der Waals surface area contributed by atoms with Crippen LogP contribution in [0.1, 0.15) is 5.56 Å². The van der Waals surface area contributed by atoms with Gasteiger partial charge >= 0.3 is 0 Å². The van der Waals surface area contributed by atoms with Gasteiger partial charge in [-0.2, -0.15) is 5.26 Å². The Morgan fingerprint density at radius 1 is 1.00 bits per heavy atom. The number of hydrogen-bond donors (Lipinski definition) is 0. The maximum Gasteiger partial charge on any atom is 0.0800 e. The SMILES string of the molecule is C[Si](C)(C)c1cncc([Si](C)(C)C)c1CC#N. The van der Waals surface area contributed by atoms with Gasteiger partial charge in [-0.3, -0.25) is 4.98 Å². The van der Waals surface area contributed by atoms with E-state index in [1.807, 2.05) is 12.4 Å². The summed E-state index contributed by atoms with van der Waals surface area (Å²) in [7, 11) is -2.83. The molecule has 0 fully saturated rings. The molecule has 0 aliphatic carbocycles. The van der Waals surface area contributed by atoms with Crippen LogP contribution in [0, 0.1) is 11.3 Å². The van der Waals surface area contributed by atoms with Crippen LogP contribution in [0.4, 0.5) is 0 Å². The third kappa shape index (κ3) is 3.27. The lowest BCUT2D eigenvalue weighted by Crippen LogP contribution is -2.49. The minimum Gasteiger partial charge on any atom is -0.265 e. The molecular weight excluding hydrogens is 240 g/mol. The molecule has 0 saturated heterocycles. The molecule has 0 unspecified atom stereocenters. The Labute approximate surface area is 107 Å². The van der Waals surface area contributed by atoms with Gasteiger partial charge in [0.15, 0.2) is 0 Å². The quantitative estimate of drug-likeness (QED) is 0.783. The molecule has 0 radical (unpaired) electrons. The summed E-state index contributed by atoms with van der Waals surface area (Å²) in [6, 6.07) is 2.33. The van der Waals surface area contributed by atoms with Crippen molar-refractivity contribution in [2.24, 2.45) is 0 Å². The van der Waals surface area contributed by atoms with Gasteiger partial charge in [0.25, 0.3) is 0 Å². The number of pyridine rings is 1. The highest BCUT2D eigenvalue weighted by atomic mass is 28.3. The highest BCUT2D eigenvalue weighted by Gasteiger charge is 2.27. The fourth-order valence-corrected chi connectivity index (χ4v) is 5.35. The smallest absolute Gasteiger partial charge is 0.0800 e. The summed E-state index contributed by atoms with van der Waals surface area (Å²) < 4.78 is 0. The molecule has 0 N–H and O–H groups in total. The summed E-state index contributed by atoms with van der Waals surface area (Å²) >= 11 is 0. The molecule has 1 aromatic rings. The highest BCUT2D eigenvalue weighted by molar-refractivity contribution is 6.92. The second-order valence-corrected chi connectivity index (χ2v) is 16.6. The van der Waals surface area contributed by atoms with E-state index in [1.165, 1.54) is 15.9 Å². The Bertz CT molecular complexity index is 416. The van der Waals surface area contributed by atoms with Gasteiger partial charge in [0, 0.05) is 12.4 Å². The molecule has 0 aromatic carbocycles. The van der Waals surface area contributed by atoms with E-state index in [2.05, 4.69) is 50.3 Å². The lowest BCUT2D eigenvalue weighted by Gasteiger charge is -2.26. The largest absolute Gasteiger partial charge is 0.265 e. The molecular formula is C13H22N2Si2. The molecule has 92 valence electrons. The van der Waals surface area contributed by atoms with E-state index in [-0.39, 0.29) is 0 Å². The Balaban J connectivity index is 3.50. The second kappa shape index (κ2) is 4.75. The molecule has 0 saturated carbocycles. The van der Waals surface area contributed by atoms with E-state index in [4.69, 9.17) is 5.26 Å². The van der Waals surface area contributed by atoms with Crippen molar-refractivity contribution >= 4 is 26.5 Å². The first-order chi connectivity index (χ1) is 7.68. The molecule has 0 bridgehead atoms. The molecule has 0 amide bonds. The normalized spacial score (nSPS) is 12.3. The summed E-state index contributed by atoms with van der Waals surface area (Å²) in [5.74, 6) is 0. The van der Waals surface area contributed by atoms with Crippen LogP contribution in [0.5, 0.6) is 0 Å². The van der Waals surface area contributed by atoms with Crippen LogP contribution >= 0.6 is 0 Å². The van der Waals surface area contributed by atoms with Gasteiger partial charge in [-0.05, 0) is 15.9 Å². The standard InChI is InChI=1S/C13H22N2Si2/c1-16(2,3)12-9-15-10-13(17(4,5)6)11(12)7-8-14/h9-10H,7H2,1-6H3. The van der Waals surface area contributed by atoms with Crippen LogP contribution < -0.4 is 10.4 Å². The summed E-state index contributed by atoms with van der Waals surface area (Å²) in [4.78, 5) is 4.42. The van der Waals surface area contributed by atoms with Crippen LogP contribution in [0.25, 0.3) is 0 Å². The van der Waals surface area contributed by atoms with Crippen LogP contribution in [0.2, 0.25) is 39.3 Å². The zero-order chi connectivity index (χ0) is 13.3. The molecule has 0 aliphatic heterocycles. The topological polar surface area (TPSA) is 36.7 Å². The second-order valence-electron chi connectivity index (χ2n) is 6.55. The average molecular weight is 263 g/mol. The average Bonchev–Trinajstić information content (AvgIpc) is 2.15. The maximum atomic E-state index is 9.06. The fraction of sp³-hybridized carbons (Fsp3) is 0.538.